The SMILES string of the molecule is O=C1C=CC(=O)c2ccccc21.O=S(=O)(O)c1cn[nH]c1. The third-order valence-corrected chi connectivity index (χ3v) is 3.43. The molecule has 0 unspecified atom stereocenters. The summed E-state index contributed by atoms with van der Waals surface area (Å²) in [7, 11) is -4.05. The number of carbonyl (C=O) groups excluding carboxylic acids is 2. The second-order valence-electron chi connectivity index (χ2n) is 4.02. The van der Waals surface area contributed by atoms with E-state index >= 15 is 0 Å². The van der Waals surface area contributed by atoms with Gasteiger partial charge in [-0.15, -0.1) is 0 Å². The molecule has 1 aromatic carbocycles. The maximum Gasteiger partial charge on any atom is 0.297 e. The Balaban J connectivity index is 0.000000161. The van der Waals surface area contributed by atoms with Crippen LogP contribution in [-0.4, -0.2) is 34.7 Å². The van der Waals surface area contributed by atoms with Gasteiger partial charge in [0.05, 0.1) is 6.20 Å². The fourth-order valence-corrected chi connectivity index (χ4v) is 2.01. The normalized spacial score (nSPS) is 13.4. The van der Waals surface area contributed by atoms with Crippen LogP contribution >= 0.6 is 0 Å². The molecule has 1 aliphatic carbocycles. The van der Waals surface area contributed by atoms with Crippen LogP contribution in [-0.2, 0) is 10.1 Å². The first kappa shape index (κ1) is 14.8. The molecule has 21 heavy (non-hydrogen) atoms. The molecule has 2 aromatic rings. The Bertz CT molecular complexity index is 770. The largest absolute Gasteiger partial charge is 0.297 e. The lowest BCUT2D eigenvalue weighted by Crippen LogP contribution is -2.10. The van der Waals surface area contributed by atoms with Crippen molar-refractivity contribution in [1.82, 2.24) is 10.2 Å². The first-order valence-electron chi connectivity index (χ1n) is 5.71. The van der Waals surface area contributed by atoms with Crippen LogP contribution in [0.3, 0.4) is 0 Å². The van der Waals surface area contributed by atoms with Crippen molar-refractivity contribution in [1.29, 1.82) is 0 Å². The molecule has 0 radical (unpaired) electrons. The second kappa shape index (κ2) is 5.81. The van der Waals surface area contributed by atoms with Gasteiger partial charge >= 0.3 is 0 Å². The highest BCUT2D eigenvalue weighted by Gasteiger charge is 2.16. The van der Waals surface area contributed by atoms with Crippen molar-refractivity contribution in [3.8, 4) is 0 Å². The molecule has 0 atom stereocenters. The van der Waals surface area contributed by atoms with Crippen LogP contribution in [0.1, 0.15) is 20.7 Å². The molecule has 0 aliphatic heterocycles. The van der Waals surface area contributed by atoms with E-state index in [1.54, 1.807) is 24.3 Å². The zero-order valence-corrected chi connectivity index (χ0v) is 11.4. The predicted molar refractivity (Wildman–Crippen MR) is 72.6 cm³/mol. The first-order chi connectivity index (χ1) is 9.89. The van der Waals surface area contributed by atoms with E-state index in [0.29, 0.717) is 11.1 Å². The van der Waals surface area contributed by atoms with Crippen molar-refractivity contribution >= 4 is 21.7 Å². The van der Waals surface area contributed by atoms with Gasteiger partial charge in [-0.2, -0.15) is 13.5 Å². The number of hydrogen-bond donors (Lipinski definition) is 2. The second-order valence-corrected chi connectivity index (χ2v) is 5.44. The van der Waals surface area contributed by atoms with Crippen LogP contribution in [0, 0.1) is 0 Å². The molecule has 7 nitrogen and oxygen atoms in total. The van der Waals surface area contributed by atoms with Gasteiger partial charge in [-0.05, 0) is 12.2 Å². The summed E-state index contributed by atoms with van der Waals surface area (Å²) in [4.78, 5) is 22.2. The fraction of sp³-hybridized carbons (Fsp3) is 0. The number of aromatic nitrogens is 2. The van der Waals surface area contributed by atoms with Gasteiger partial charge in [0.25, 0.3) is 10.1 Å². The maximum absolute atomic E-state index is 11.2. The van der Waals surface area contributed by atoms with Gasteiger partial charge in [-0.25, -0.2) is 0 Å². The Morgan fingerprint density at radius 1 is 1.00 bits per heavy atom. The van der Waals surface area contributed by atoms with Gasteiger partial charge < -0.3 is 0 Å². The van der Waals surface area contributed by atoms with Crippen molar-refractivity contribution in [3.05, 3.63) is 59.9 Å². The van der Waals surface area contributed by atoms with Crippen LogP contribution < -0.4 is 0 Å². The van der Waals surface area contributed by atoms with E-state index in [-0.39, 0.29) is 16.5 Å². The molecule has 0 spiro atoms. The Kier molecular flexibility index (Phi) is 4.10. The van der Waals surface area contributed by atoms with Crippen LogP contribution in [0.25, 0.3) is 0 Å². The van der Waals surface area contributed by atoms with E-state index in [1.165, 1.54) is 12.2 Å². The minimum Gasteiger partial charge on any atom is -0.289 e. The Morgan fingerprint density at radius 3 is 1.86 bits per heavy atom. The van der Waals surface area contributed by atoms with Gasteiger partial charge in [-0.1, -0.05) is 24.3 Å². The van der Waals surface area contributed by atoms with E-state index in [1.807, 2.05) is 0 Å². The lowest BCUT2D eigenvalue weighted by atomic mass is 9.95. The third kappa shape index (κ3) is 3.50. The molecule has 2 N–H and O–H groups in total. The fourth-order valence-electron chi connectivity index (χ4n) is 1.62. The molecule has 1 heterocycles. The van der Waals surface area contributed by atoms with E-state index in [4.69, 9.17) is 4.55 Å². The monoisotopic (exact) mass is 306 g/mol. The number of hydrogen-bond acceptors (Lipinski definition) is 5. The topological polar surface area (TPSA) is 117 Å². The quantitative estimate of drug-likeness (QED) is 0.766. The lowest BCUT2D eigenvalue weighted by Gasteiger charge is -2.06. The molecule has 3 rings (SSSR count). The lowest BCUT2D eigenvalue weighted by molar-refractivity contribution is 0.0994. The van der Waals surface area contributed by atoms with Crippen molar-refractivity contribution < 1.29 is 22.6 Å². The first-order valence-corrected chi connectivity index (χ1v) is 7.15. The molecule has 0 amide bonds. The summed E-state index contributed by atoms with van der Waals surface area (Å²) in [5.74, 6) is -0.185. The Labute approximate surface area is 120 Å². The molecule has 0 saturated carbocycles. The molecule has 0 fully saturated rings. The van der Waals surface area contributed by atoms with Gasteiger partial charge in [0, 0.05) is 17.3 Å². The van der Waals surface area contributed by atoms with Gasteiger partial charge in [0.2, 0.25) is 0 Å². The molecule has 1 aliphatic rings. The summed E-state index contributed by atoms with van der Waals surface area (Å²) in [5, 5.41) is 5.57. The summed E-state index contributed by atoms with van der Waals surface area (Å²) < 4.78 is 28.7. The number of rotatable bonds is 1. The molecular formula is C13H10N2O5S. The van der Waals surface area contributed by atoms with Crippen molar-refractivity contribution in [3.63, 3.8) is 0 Å². The number of benzene rings is 1. The Hall–Kier alpha value is -2.58. The average Bonchev–Trinajstić information content (AvgIpc) is 2.98. The van der Waals surface area contributed by atoms with Crippen LogP contribution in [0.15, 0.2) is 53.7 Å². The highest BCUT2D eigenvalue weighted by Crippen LogP contribution is 2.15. The summed E-state index contributed by atoms with van der Waals surface area (Å²) in [6.07, 6.45) is 4.74. The molecule has 0 bridgehead atoms. The van der Waals surface area contributed by atoms with E-state index in [2.05, 4.69) is 10.2 Å². The highest BCUT2D eigenvalue weighted by molar-refractivity contribution is 7.85. The van der Waals surface area contributed by atoms with Gasteiger partial charge in [-0.3, -0.25) is 19.2 Å². The van der Waals surface area contributed by atoms with Crippen molar-refractivity contribution in [2.24, 2.45) is 0 Å². The minimum atomic E-state index is -4.05. The van der Waals surface area contributed by atoms with Crippen LogP contribution in [0.4, 0.5) is 0 Å². The summed E-state index contributed by atoms with van der Waals surface area (Å²) in [6, 6.07) is 6.84. The zero-order chi connectivity index (χ0) is 15.5. The highest BCUT2D eigenvalue weighted by atomic mass is 32.2. The van der Waals surface area contributed by atoms with Crippen LogP contribution in [0.2, 0.25) is 0 Å². The number of fused-ring (bicyclic) bond motifs is 1. The van der Waals surface area contributed by atoms with Crippen molar-refractivity contribution in [2.75, 3.05) is 0 Å². The molecular weight excluding hydrogens is 296 g/mol. The van der Waals surface area contributed by atoms with E-state index in [9.17, 15) is 18.0 Å². The number of ketones is 2. The number of nitrogens with one attached hydrogen (secondary N) is 1. The standard InChI is InChI=1S/C10H6O2.C3H4N2O3S/c11-9-5-6-10(12)8-4-2-1-3-7(8)9;6-9(7,8)3-1-4-5-2-3/h1-6H;1-2H,(H,4,5)(H,6,7,8). The molecule has 8 heteroatoms. The number of aromatic amines is 1. The molecule has 108 valence electrons. The summed E-state index contributed by atoms with van der Waals surface area (Å²) in [5.41, 5.74) is 1.01. The maximum atomic E-state index is 11.2. The average molecular weight is 306 g/mol. The van der Waals surface area contributed by atoms with E-state index < -0.39 is 10.1 Å². The molecule has 1 aromatic heterocycles. The van der Waals surface area contributed by atoms with E-state index in [0.717, 1.165) is 12.4 Å². The smallest absolute Gasteiger partial charge is 0.289 e. The molecule has 0 saturated heterocycles. The van der Waals surface area contributed by atoms with Crippen LogP contribution in [0.5, 0.6) is 0 Å². The van der Waals surface area contributed by atoms with Gasteiger partial charge in [0.1, 0.15) is 4.90 Å². The number of nitrogens with zero attached hydrogens (tertiary/aromatic N) is 1. The predicted octanol–water partition coefficient (Wildman–Crippen LogP) is 1.28. The third-order valence-electron chi connectivity index (χ3n) is 2.62. The number of H-pyrrole nitrogens is 1. The number of allylic oxidation sites excluding steroid dienone is 2. The Morgan fingerprint density at radius 2 is 1.52 bits per heavy atom. The number of carbonyl (C=O) groups is 2. The zero-order valence-electron chi connectivity index (χ0n) is 10.6. The van der Waals surface area contributed by atoms with Crippen molar-refractivity contribution in [2.45, 2.75) is 4.90 Å². The van der Waals surface area contributed by atoms with Gasteiger partial charge in [0.15, 0.2) is 11.6 Å². The summed E-state index contributed by atoms with van der Waals surface area (Å²) >= 11 is 0. The minimum absolute atomic E-state index is 0.0924. The summed E-state index contributed by atoms with van der Waals surface area (Å²) in [6.45, 7) is 0.